The summed E-state index contributed by atoms with van der Waals surface area (Å²) in [7, 11) is 0. The van der Waals surface area contributed by atoms with Crippen molar-refractivity contribution < 1.29 is 9.53 Å². The van der Waals surface area contributed by atoms with Crippen molar-refractivity contribution >= 4 is 5.97 Å². The molecule has 2 heteroatoms. The molecule has 0 amide bonds. The van der Waals surface area contributed by atoms with E-state index in [4.69, 9.17) is 4.74 Å². The fourth-order valence-electron chi connectivity index (χ4n) is 4.01. The average molecular weight is 437 g/mol. The molecular formula is C29H56O2. The van der Waals surface area contributed by atoms with Crippen molar-refractivity contribution in [1.29, 1.82) is 0 Å². The van der Waals surface area contributed by atoms with E-state index >= 15 is 0 Å². The van der Waals surface area contributed by atoms with Crippen molar-refractivity contribution in [3.05, 3.63) is 12.2 Å². The van der Waals surface area contributed by atoms with Crippen LogP contribution in [0.15, 0.2) is 12.2 Å². The van der Waals surface area contributed by atoms with Crippen molar-refractivity contribution in [2.24, 2.45) is 0 Å². The van der Waals surface area contributed by atoms with Gasteiger partial charge in [-0.3, -0.25) is 4.79 Å². The highest BCUT2D eigenvalue weighted by Gasteiger charge is 2.02. The molecule has 0 unspecified atom stereocenters. The summed E-state index contributed by atoms with van der Waals surface area (Å²) in [4.78, 5) is 11.8. The molecule has 2 nitrogen and oxygen atoms in total. The van der Waals surface area contributed by atoms with Gasteiger partial charge in [-0.2, -0.15) is 0 Å². The number of allylic oxidation sites excluding steroid dienone is 2. The van der Waals surface area contributed by atoms with Crippen LogP contribution in [0.1, 0.15) is 162 Å². The van der Waals surface area contributed by atoms with Gasteiger partial charge >= 0.3 is 5.97 Å². The maximum atomic E-state index is 11.8. The van der Waals surface area contributed by atoms with Crippen molar-refractivity contribution in [2.75, 3.05) is 6.61 Å². The number of rotatable bonds is 25. The van der Waals surface area contributed by atoms with Crippen LogP contribution in [0.2, 0.25) is 0 Å². The summed E-state index contributed by atoms with van der Waals surface area (Å²) in [5.41, 5.74) is 0. The molecule has 0 aromatic carbocycles. The van der Waals surface area contributed by atoms with E-state index in [1.54, 1.807) is 0 Å². The van der Waals surface area contributed by atoms with Crippen LogP contribution in [0.25, 0.3) is 0 Å². The predicted molar refractivity (Wildman–Crippen MR) is 138 cm³/mol. The van der Waals surface area contributed by atoms with Gasteiger partial charge in [-0.05, 0) is 38.5 Å². The van der Waals surface area contributed by atoms with Gasteiger partial charge in [-0.15, -0.1) is 0 Å². The molecule has 0 saturated carbocycles. The molecule has 0 heterocycles. The van der Waals surface area contributed by atoms with Gasteiger partial charge in [0, 0.05) is 6.42 Å². The number of esters is 1. The Labute approximate surface area is 196 Å². The SMILES string of the molecule is CCCCCCCCC=CCCCCCCCC(=O)OCCCCCCCCCCC. The van der Waals surface area contributed by atoms with Gasteiger partial charge in [0.05, 0.1) is 6.61 Å². The van der Waals surface area contributed by atoms with E-state index in [2.05, 4.69) is 26.0 Å². The third-order valence-corrected chi connectivity index (χ3v) is 6.15. The summed E-state index contributed by atoms with van der Waals surface area (Å²) in [6.07, 6.45) is 33.8. The second-order valence-electron chi connectivity index (χ2n) is 9.38. The average Bonchev–Trinajstić information content (AvgIpc) is 2.77. The monoisotopic (exact) mass is 436 g/mol. The Hall–Kier alpha value is -0.790. The number of carbonyl (C=O) groups excluding carboxylic acids is 1. The maximum absolute atomic E-state index is 11.8. The topological polar surface area (TPSA) is 26.3 Å². The van der Waals surface area contributed by atoms with E-state index in [1.807, 2.05) is 0 Å². The standard InChI is InChI=1S/C29H56O2/c1-3-5-7-9-11-13-14-15-16-17-18-19-21-23-25-27-29(30)31-28-26-24-22-20-12-10-8-6-4-2/h15-16H,3-14,17-28H2,1-2H3. The zero-order valence-corrected chi connectivity index (χ0v) is 21.4. The minimum Gasteiger partial charge on any atom is -0.466 e. The van der Waals surface area contributed by atoms with Crippen LogP contribution in [-0.2, 0) is 9.53 Å². The molecular weight excluding hydrogens is 380 g/mol. The van der Waals surface area contributed by atoms with Crippen LogP contribution < -0.4 is 0 Å². The summed E-state index contributed by atoms with van der Waals surface area (Å²) >= 11 is 0. The molecule has 0 radical (unpaired) electrons. The molecule has 0 saturated heterocycles. The lowest BCUT2D eigenvalue weighted by Crippen LogP contribution is -2.05. The van der Waals surface area contributed by atoms with Crippen molar-refractivity contribution in [3.8, 4) is 0 Å². The van der Waals surface area contributed by atoms with Gasteiger partial charge in [0.2, 0.25) is 0 Å². The summed E-state index contributed by atoms with van der Waals surface area (Å²) in [6, 6.07) is 0. The number of carbonyl (C=O) groups is 1. The minimum atomic E-state index is 0.0113. The van der Waals surface area contributed by atoms with Crippen molar-refractivity contribution in [1.82, 2.24) is 0 Å². The maximum Gasteiger partial charge on any atom is 0.305 e. The van der Waals surface area contributed by atoms with Gasteiger partial charge in [-0.25, -0.2) is 0 Å². The van der Waals surface area contributed by atoms with Gasteiger partial charge in [0.15, 0.2) is 0 Å². The summed E-state index contributed by atoms with van der Waals surface area (Å²) in [6.45, 7) is 5.16. The molecule has 0 aromatic rings. The van der Waals surface area contributed by atoms with Crippen LogP contribution in [0.4, 0.5) is 0 Å². The molecule has 0 fully saturated rings. The van der Waals surface area contributed by atoms with E-state index in [0.29, 0.717) is 13.0 Å². The minimum absolute atomic E-state index is 0.0113. The number of hydrogen-bond donors (Lipinski definition) is 0. The third-order valence-electron chi connectivity index (χ3n) is 6.15. The van der Waals surface area contributed by atoms with Crippen LogP contribution in [0.5, 0.6) is 0 Å². The van der Waals surface area contributed by atoms with Crippen LogP contribution in [-0.4, -0.2) is 12.6 Å². The molecule has 0 aromatic heterocycles. The highest BCUT2D eigenvalue weighted by molar-refractivity contribution is 5.69. The smallest absolute Gasteiger partial charge is 0.305 e. The van der Waals surface area contributed by atoms with Gasteiger partial charge in [0.25, 0.3) is 0 Å². The van der Waals surface area contributed by atoms with Crippen LogP contribution in [0, 0.1) is 0 Å². The predicted octanol–water partition coefficient (Wildman–Crippen LogP) is 10.1. The largest absolute Gasteiger partial charge is 0.466 e. The van der Waals surface area contributed by atoms with Crippen LogP contribution in [0.3, 0.4) is 0 Å². The second-order valence-corrected chi connectivity index (χ2v) is 9.38. The second kappa shape index (κ2) is 27.2. The Morgan fingerprint density at radius 2 is 0.903 bits per heavy atom. The number of unbranched alkanes of at least 4 members (excludes halogenated alkanes) is 19. The van der Waals surface area contributed by atoms with Gasteiger partial charge < -0.3 is 4.74 Å². The van der Waals surface area contributed by atoms with Crippen molar-refractivity contribution in [2.45, 2.75) is 162 Å². The van der Waals surface area contributed by atoms with E-state index in [-0.39, 0.29) is 5.97 Å². The summed E-state index contributed by atoms with van der Waals surface area (Å²) in [5, 5.41) is 0. The van der Waals surface area contributed by atoms with E-state index in [1.165, 1.54) is 122 Å². The molecule has 31 heavy (non-hydrogen) atoms. The fourth-order valence-corrected chi connectivity index (χ4v) is 4.01. The highest BCUT2D eigenvalue weighted by Crippen LogP contribution is 2.11. The zero-order valence-electron chi connectivity index (χ0n) is 21.4. The van der Waals surface area contributed by atoms with E-state index < -0.39 is 0 Å². The zero-order chi connectivity index (χ0) is 22.7. The molecule has 0 rings (SSSR count). The Morgan fingerprint density at radius 3 is 1.39 bits per heavy atom. The fraction of sp³-hybridized carbons (Fsp3) is 0.897. The lowest BCUT2D eigenvalue weighted by atomic mass is 10.1. The third kappa shape index (κ3) is 27.2. The normalized spacial score (nSPS) is 11.4. The molecule has 0 spiro atoms. The Morgan fingerprint density at radius 1 is 0.516 bits per heavy atom. The summed E-state index contributed by atoms with van der Waals surface area (Å²) in [5.74, 6) is 0.0113. The van der Waals surface area contributed by atoms with E-state index in [9.17, 15) is 4.79 Å². The Balaban J connectivity index is 3.20. The van der Waals surface area contributed by atoms with Crippen molar-refractivity contribution in [3.63, 3.8) is 0 Å². The highest BCUT2D eigenvalue weighted by atomic mass is 16.5. The first-order valence-corrected chi connectivity index (χ1v) is 14.1. The Kier molecular flexibility index (Phi) is 26.5. The molecule has 184 valence electrons. The van der Waals surface area contributed by atoms with Gasteiger partial charge in [0.1, 0.15) is 0 Å². The molecule has 0 aliphatic rings. The number of ether oxygens (including phenoxy) is 1. The molecule has 0 N–H and O–H groups in total. The van der Waals surface area contributed by atoms with Gasteiger partial charge in [-0.1, -0.05) is 129 Å². The number of hydrogen-bond acceptors (Lipinski definition) is 2. The first kappa shape index (κ1) is 30.2. The quantitative estimate of drug-likeness (QED) is 0.0808. The molecule has 0 atom stereocenters. The lowest BCUT2D eigenvalue weighted by Gasteiger charge is -2.05. The molecule has 0 aliphatic heterocycles. The Bertz CT molecular complexity index is 375. The first-order valence-electron chi connectivity index (χ1n) is 14.1. The lowest BCUT2D eigenvalue weighted by molar-refractivity contribution is -0.143. The van der Waals surface area contributed by atoms with Crippen LogP contribution >= 0.6 is 0 Å². The summed E-state index contributed by atoms with van der Waals surface area (Å²) < 4.78 is 5.37. The first-order chi connectivity index (χ1) is 15.3. The molecule has 0 bridgehead atoms. The van der Waals surface area contributed by atoms with E-state index in [0.717, 1.165) is 19.3 Å². The molecule has 0 aliphatic carbocycles.